The van der Waals surface area contributed by atoms with E-state index in [1.54, 1.807) is 7.05 Å². The number of rotatable bonds is 3. The van der Waals surface area contributed by atoms with Crippen molar-refractivity contribution in [3.05, 3.63) is 12.0 Å². The number of hydrogen-bond donors (Lipinski definition) is 2. The van der Waals surface area contributed by atoms with Gasteiger partial charge in [-0.05, 0) is 13.3 Å². The molecule has 5 nitrogen and oxygen atoms in total. The SMILES string of the molecule is CNc1ncc(F)c(NC2CCOC2C)n1. The molecule has 0 radical (unpaired) electrons. The van der Waals surface area contributed by atoms with Crippen molar-refractivity contribution >= 4 is 11.8 Å². The summed E-state index contributed by atoms with van der Waals surface area (Å²) in [5.74, 6) is 0.176. The first-order valence-corrected chi connectivity index (χ1v) is 5.29. The molecule has 2 heterocycles. The Balaban J connectivity index is 2.13. The fourth-order valence-electron chi connectivity index (χ4n) is 1.69. The van der Waals surface area contributed by atoms with E-state index < -0.39 is 5.82 Å². The van der Waals surface area contributed by atoms with Crippen LogP contribution in [0.15, 0.2) is 6.20 Å². The van der Waals surface area contributed by atoms with Gasteiger partial charge in [-0.3, -0.25) is 0 Å². The van der Waals surface area contributed by atoms with Gasteiger partial charge in [-0.25, -0.2) is 9.37 Å². The van der Waals surface area contributed by atoms with E-state index in [2.05, 4.69) is 20.6 Å². The molecule has 6 heteroatoms. The number of nitrogens with zero attached hydrogens (tertiary/aromatic N) is 2. The Morgan fingerprint density at radius 3 is 3.00 bits per heavy atom. The Labute approximate surface area is 93.4 Å². The third kappa shape index (κ3) is 2.21. The molecule has 2 rings (SSSR count). The monoisotopic (exact) mass is 226 g/mol. The molecular formula is C10H15FN4O. The van der Waals surface area contributed by atoms with Crippen LogP contribution in [0.25, 0.3) is 0 Å². The second-order valence-corrected chi connectivity index (χ2v) is 3.76. The number of halogens is 1. The average Bonchev–Trinajstić information content (AvgIpc) is 2.68. The van der Waals surface area contributed by atoms with Gasteiger partial charge in [0.15, 0.2) is 11.6 Å². The molecule has 88 valence electrons. The molecule has 2 atom stereocenters. The summed E-state index contributed by atoms with van der Waals surface area (Å²) in [6.07, 6.45) is 2.09. The molecule has 0 saturated carbocycles. The van der Waals surface area contributed by atoms with E-state index in [9.17, 15) is 4.39 Å². The molecule has 2 N–H and O–H groups in total. The second-order valence-electron chi connectivity index (χ2n) is 3.76. The lowest BCUT2D eigenvalue weighted by Gasteiger charge is -2.17. The molecule has 1 fully saturated rings. The van der Waals surface area contributed by atoms with Gasteiger partial charge in [-0.1, -0.05) is 0 Å². The van der Waals surface area contributed by atoms with E-state index in [0.717, 1.165) is 12.6 Å². The minimum atomic E-state index is -0.446. The molecule has 1 aliphatic heterocycles. The zero-order valence-electron chi connectivity index (χ0n) is 9.33. The van der Waals surface area contributed by atoms with Crippen LogP contribution in [0, 0.1) is 5.82 Å². The second kappa shape index (κ2) is 4.61. The quantitative estimate of drug-likeness (QED) is 0.812. The van der Waals surface area contributed by atoms with Crippen molar-refractivity contribution in [2.45, 2.75) is 25.5 Å². The van der Waals surface area contributed by atoms with Gasteiger partial charge in [0.25, 0.3) is 0 Å². The van der Waals surface area contributed by atoms with Crippen molar-refractivity contribution in [1.29, 1.82) is 0 Å². The fourth-order valence-corrected chi connectivity index (χ4v) is 1.69. The van der Waals surface area contributed by atoms with Crippen LogP contribution in [-0.4, -0.2) is 35.8 Å². The number of ether oxygens (including phenoxy) is 1. The molecule has 1 aromatic heterocycles. The van der Waals surface area contributed by atoms with Crippen LogP contribution in [-0.2, 0) is 4.74 Å². The van der Waals surface area contributed by atoms with Crippen LogP contribution < -0.4 is 10.6 Å². The van der Waals surface area contributed by atoms with Crippen LogP contribution in [0.5, 0.6) is 0 Å². The largest absolute Gasteiger partial charge is 0.376 e. The molecule has 0 aliphatic carbocycles. The third-order valence-electron chi connectivity index (χ3n) is 2.67. The van der Waals surface area contributed by atoms with Gasteiger partial charge in [0.1, 0.15) is 0 Å². The maximum Gasteiger partial charge on any atom is 0.224 e. The Bertz CT molecular complexity index is 374. The predicted molar refractivity (Wildman–Crippen MR) is 59.0 cm³/mol. The third-order valence-corrected chi connectivity index (χ3v) is 2.67. The van der Waals surface area contributed by atoms with Gasteiger partial charge >= 0.3 is 0 Å². The minimum absolute atomic E-state index is 0.0763. The van der Waals surface area contributed by atoms with Gasteiger partial charge in [0, 0.05) is 13.7 Å². The van der Waals surface area contributed by atoms with Crippen LogP contribution in [0.2, 0.25) is 0 Å². The average molecular weight is 226 g/mol. The predicted octanol–water partition coefficient (Wildman–Crippen LogP) is 1.25. The van der Waals surface area contributed by atoms with E-state index >= 15 is 0 Å². The molecule has 1 saturated heterocycles. The summed E-state index contributed by atoms with van der Waals surface area (Å²) in [6.45, 7) is 2.66. The normalized spacial score (nSPS) is 24.4. The van der Waals surface area contributed by atoms with Crippen molar-refractivity contribution in [1.82, 2.24) is 9.97 Å². The Morgan fingerprint density at radius 1 is 1.56 bits per heavy atom. The lowest BCUT2D eigenvalue weighted by Crippen LogP contribution is -2.27. The Kier molecular flexibility index (Phi) is 3.19. The topological polar surface area (TPSA) is 59.1 Å². The molecular weight excluding hydrogens is 211 g/mol. The summed E-state index contributed by atoms with van der Waals surface area (Å²) in [6, 6.07) is 0.106. The van der Waals surface area contributed by atoms with E-state index in [-0.39, 0.29) is 18.0 Å². The molecule has 0 bridgehead atoms. The van der Waals surface area contributed by atoms with Gasteiger partial charge in [0.2, 0.25) is 5.95 Å². The van der Waals surface area contributed by atoms with Crippen LogP contribution >= 0.6 is 0 Å². The minimum Gasteiger partial charge on any atom is -0.376 e. The van der Waals surface area contributed by atoms with E-state index in [1.807, 2.05) is 6.92 Å². The van der Waals surface area contributed by atoms with Crippen molar-refractivity contribution in [2.75, 3.05) is 24.3 Å². The van der Waals surface area contributed by atoms with Crippen molar-refractivity contribution in [3.8, 4) is 0 Å². The van der Waals surface area contributed by atoms with Gasteiger partial charge < -0.3 is 15.4 Å². The van der Waals surface area contributed by atoms with Crippen LogP contribution in [0.3, 0.4) is 0 Å². The van der Waals surface area contributed by atoms with Crippen LogP contribution in [0.1, 0.15) is 13.3 Å². The summed E-state index contributed by atoms with van der Waals surface area (Å²) in [5.41, 5.74) is 0. The van der Waals surface area contributed by atoms with Gasteiger partial charge in [-0.15, -0.1) is 0 Å². The maximum atomic E-state index is 13.4. The summed E-state index contributed by atoms with van der Waals surface area (Å²) in [7, 11) is 1.69. The first-order valence-electron chi connectivity index (χ1n) is 5.29. The van der Waals surface area contributed by atoms with Gasteiger partial charge in [0.05, 0.1) is 18.3 Å². The van der Waals surface area contributed by atoms with Gasteiger partial charge in [-0.2, -0.15) is 4.98 Å². The zero-order chi connectivity index (χ0) is 11.5. The number of anilines is 2. The zero-order valence-corrected chi connectivity index (χ0v) is 9.33. The lowest BCUT2D eigenvalue weighted by molar-refractivity contribution is 0.121. The number of aromatic nitrogens is 2. The van der Waals surface area contributed by atoms with Crippen LogP contribution in [0.4, 0.5) is 16.2 Å². The molecule has 1 aliphatic rings. The van der Waals surface area contributed by atoms with E-state index in [0.29, 0.717) is 12.6 Å². The highest BCUT2D eigenvalue weighted by Gasteiger charge is 2.25. The lowest BCUT2D eigenvalue weighted by atomic mass is 10.1. The number of nitrogens with one attached hydrogen (secondary N) is 2. The first-order chi connectivity index (χ1) is 7.70. The fraction of sp³-hybridized carbons (Fsp3) is 0.600. The summed E-state index contributed by atoms with van der Waals surface area (Å²) in [5, 5.41) is 5.81. The Hall–Kier alpha value is -1.43. The Morgan fingerprint density at radius 2 is 2.38 bits per heavy atom. The maximum absolute atomic E-state index is 13.4. The highest BCUT2D eigenvalue weighted by atomic mass is 19.1. The molecule has 16 heavy (non-hydrogen) atoms. The molecule has 1 aromatic rings. The standard InChI is InChI=1S/C10H15FN4O/c1-6-8(3-4-16-6)14-9-7(11)5-13-10(12-2)15-9/h5-6,8H,3-4H2,1-2H3,(H2,12,13,14,15). The highest BCUT2D eigenvalue weighted by Crippen LogP contribution is 2.19. The summed E-state index contributed by atoms with van der Waals surface area (Å²) in [4.78, 5) is 7.81. The number of hydrogen-bond acceptors (Lipinski definition) is 5. The van der Waals surface area contributed by atoms with Crippen molar-refractivity contribution < 1.29 is 9.13 Å². The van der Waals surface area contributed by atoms with E-state index in [1.165, 1.54) is 0 Å². The smallest absolute Gasteiger partial charge is 0.224 e. The van der Waals surface area contributed by atoms with E-state index in [4.69, 9.17) is 4.74 Å². The van der Waals surface area contributed by atoms with Crippen molar-refractivity contribution in [2.24, 2.45) is 0 Å². The van der Waals surface area contributed by atoms with Crippen molar-refractivity contribution in [3.63, 3.8) is 0 Å². The molecule has 0 amide bonds. The summed E-state index contributed by atoms with van der Waals surface area (Å²) >= 11 is 0. The summed E-state index contributed by atoms with van der Waals surface area (Å²) < 4.78 is 18.8. The molecule has 0 spiro atoms. The first kappa shape index (κ1) is 11.1. The molecule has 0 aromatic carbocycles. The molecule has 2 unspecified atom stereocenters. The highest BCUT2D eigenvalue weighted by molar-refractivity contribution is 5.41.